The van der Waals surface area contributed by atoms with Crippen molar-refractivity contribution in [1.82, 2.24) is 0 Å². The van der Waals surface area contributed by atoms with Gasteiger partial charge in [0, 0.05) is 9.50 Å². The molecule has 0 heterocycles. The molecular formula is C11H11BrClNO. The number of hydrogen-bond donors (Lipinski definition) is 1. The number of nitrogens with zero attached hydrogens (tertiary/aromatic N) is 1. The Morgan fingerprint density at radius 1 is 1.60 bits per heavy atom. The normalized spacial score (nSPS) is 14.3. The fraction of sp³-hybridized carbons (Fsp3) is 0.364. The molecule has 1 aromatic rings. The van der Waals surface area contributed by atoms with Gasteiger partial charge in [-0.25, -0.2) is 0 Å². The summed E-state index contributed by atoms with van der Waals surface area (Å²) in [6, 6.07) is 7.26. The summed E-state index contributed by atoms with van der Waals surface area (Å²) in [6.07, 6.45) is -0.190. The van der Waals surface area contributed by atoms with Crippen LogP contribution in [-0.2, 0) is 0 Å². The van der Waals surface area contributed by atoms with Gasteiger partial charge in [0.05, 0.1) is 18.1 Å². The Hall–Kier alpha value is -0.560. The largest absolute Gasteiger partial charge is 0.387 e. The van der Waals surface area contributed by atoms with Crippen LogP contribution in [0.3, 0.4) is 0 Å². The first-order valence-electron chi connectivity index (χ1n) is 4.62. The predicted octanol–water partition coefficient (Wildman–Crippen LogP) is 3.69. The fourth-order valence-corrected chi connectivity index (χ4v) is 2.00. The smallest absolute Gasteiger partial charge is 0.0959 e. The van der Waals surface area contributed by atoms with E-state index in [-0.39, 0.29) is 0 Å². The van der Waals surface area contributed by atoms with Gasteiger partial charge < -0.3 is 5.11 Å². The van der Waals surface area contributed by atoms with Crippen molar-refractivity contribution in [3.8, 4) is 6.07 Å². The van der Waals surface area contributed by atoms with E-state index in [2.05, 4.69) is 22.0 Å². The van der Waals surface area contributed by atoms with Crippen molar-refractivity contribution in [2.24, 2.45) is 5.92 Å². The first-order chi connectivity index (χ1) is 7.10. The standard InChI is InChI=1S/C11H11BrClNO/c1-2-7(6-14)11(15)9-5-8(13)3-4-10(9)12/h3-5,7,11,15H,2H2,1H3. The Balaban J connectivity index is 3.05. The van der Waals surface area contributed by atoms with Crippen molar-refractivity contribution in [2.45, 2.75) is 19.4 Å². The molecule has 0 aliphatic rings. The van der Waals surface area contributed by atoms with E-state index < -0.39 is 12.0 Å². The molecule has 0 saturated carbocycles. The predicted molar refractivity (Wildman–Crippen MR) is 63.5 cm³/mol. The Bertz CT molecular complexity index is 389. The number of benzene rings is 1. The summed E-state index contributed by atoms with van der Waals surface area (Å²) < 4.78 is 0.771. The minimum absolute atomic E-state index is 0.403. The highest BCUT2D eigenvalue weighted by molar-refractivity contribution is 9.10. The summed E-state index contributed by atoms with van der Waals surface area (Å²) >= 11 is 9.17. The lowest BCUT2D eigenvalue weighted by molar-refractivity contribution is 0.132. The molecular weight excluding hydrogens is 277 g/mol. The lowest BCUT2D eigenvalue weighted by Gasteiger charge is -2.16. The molecule has 0 aliphatic heterocycles. The summed E-state index contributed by atoms with van der Waals surface area (Å²) in [6.45, 7) is 1.87. The zero-order valence-electron chi connectivity index (χ0n) is 8.24. The van der Waals surface area contributed by atoms with Crippen LogP contribution in [0.25, 0.3) is 0 Å². The van der Waals surface area contributed by atoms with E-state index in [4.69, 9.17) is 16.9 Å². The van der Waals surface area contributed by atoms with Gasteiger partial charge in [-0.05, 0) is 30.2 Å². The molecule has 2 nitrogen and oxygen atoms in total. The lowest BCUT2D eigenvalue weighted by atomic mass is 9.95. The van der Waals surface area contributed by atoms with E-state index in [1.54, 1.807) is 18.2 Å². The third kappa shape index (κ3) is 2.94. The van der Waals surface area contributed by atoms with Gasteiger partial charge in [-0.1, -0.05) is 34.5 Å². The van der Waals surface area contributed by atoms with Crippen LogP contribution in [0, 0.1) is 17.2 Å². The molecule has 0 saturated heterocycles. The SMILES string of the molecule is CCC(C#N)C(O)c1cc(Cl)ccc1Br. The molecule has 4 heteroatoms. The van der Waals surface area contributed by atoms with E-state index in [1.165, 1.54) is 0 Å². The minimum Gasteiger partial charge on any atom is -0.387 e. The van der Waals surface area contributed by atoms with E-state index in [9.17, 15) is 5.11 Å². The van der Waals surface area contributed by atoms with Crippen molar-refractivity contribution in [2.75, 3.05) is 0 Å². The Labute approximate surface area is 103 Å². The maximum Gasteiger partial charge on any atom is 0.0959 e. The van der Waals surface area contributed by atoms with Gasteiger partial charge in [0.2, 0.25) is 0 Å². The number of nitriles is 1. The summed E-state index contributed by atoms with van der Waals surface area (Å²) in [5, 5.41) is 19.4. The number of hydrogen-bond acceptors (Lipinski definition) is 2. The molecule has 0 radical (unpaired) electrons. The molecule has 0 aromatic heterocycles. The van der Waals surface area contributed by atoms with Crippen LogP contribution in [0.4, 0.5) is 0 Å². The molecule has 0 aliphatic carbocycles. The van der Waals surface area contributed by atoms with Crippen LogP contribution >= 0.6 is 27.5 Å². The van der Waals surface area contributed by atoms with E-state index in [0.29, 0.717) is 17.0 Å². The van der Waals surface area contributed by atoms with Crippen LogP contribution in [-0.4, -0.2) is 5.11 Å². The van der Waals surface area contributed by atoms with Gasteiger partial charge in [-0.2, -0.15) is 5.26 Å². The second-order valence-corrected chi connectivity index (χ2v) is 4.55. The molecule has 0 bridgehead atoms. The Kier molecular flexibility index (Phi) is 4.59. The monoisotopic (exact) mass is 287 g/mol. The highest BCUT2D eigenvalue weighted by Gasteiger charge is 2.21. The molecule has 15 heavy (non-hydrogen) atoms. The van der Waals surface area contributed by atoms with E-state index >= 15 is 0 Å². The van der Waals surface area contributed by atoms with Crippen molar-refractivity contribution in [3.63, 3.8) is 0 Å². The van der Waals surface area contributed by atoms with Crippen LogP contribution in [0.1, 0.15) is 25.0 Å². The molecule has 80 valence electrons. The topological polar surface area (TPSA) is 44.0 Å². The number of rotatable bonds is 3. The second-order valence-electron chi connectivity index (χ2n) is 3.25. The van der Waals surface area contributed by atoms with Crippen molar-refractivity contribution in [1.29, 1.82) is 5.26 Å². The van der Waals surface area contributed by atoms with Crippen LogP contribution in [0.2, 0.25) is 5.02 Å². The first-order valence-corrected chi connectivity index (χ1v) is 5.79. The lowest BCUT2D eigenvalue weighted by Crippen LogP contribution is -2.10. The maximum atomic E-state index is 9.97. The quantitative estimate of drug-likeness (QED) is 0.922. The maximum absolute atomic E-state index is 9.97. The average Bonchev–Trinajstić information content (AvgIpc) is 2.23. The summed E-state index contributed by atoms with van der Waals surface area (Å²) in [4.78, 5) is 0. The van der Waals surface area contributed by atoms with Crippen molar-refractivity contribution >= 4 is 27.5 Å². The van der Waals surface area contributed by atoms with Gasteiger partial charge >= 0.3 is 0 Å². The van der Waals surface area contributed by atoms with Crippen LogP contribution in [0.15, 0.2) is 22.7 Å². The zero-order valence-corrected chi connectivity index (χ0v) is 10.6. The molecule has 2 atom stereocenters. The summed E-state index contributed by atoms with van der Waals surface area (Å²) in [7, 11) is 0. The molecule has 0 fully saturated rings. The summed E-state index contributed by atoms with van der Waals surface area (Å²) in [5.41, 5.74) is 0.663. The molecule has 1 aromatic carbocycles. The summed E-state index contributed by atoms with van der Waals surface area (Å²) in [5.74, 6) is -0.403. The number of aliphatic hydroxyl groups is 1. The molecule has 2 unspecified atom stereocenters. The van der Waals surface area contributed by atoms with Gasteiger partial charge in [0.15, 0.2) is 0 Å². The molecule has 0 spiro atoms. The second kappa shape index (κ2) is 5.50. The molecule has 1 rings (SSSR count). The van der Waals surface area contributed by atoms with Gasteiger partial charge in [-0.3, -0.25) is 0 Å². The Morgan fingerprint density at radius 2 is 2.27 bits per heavy atom. The number of aliphatic hydroxyl groups excluding tert-OH is 1. The minimum atomic E-state index is -0.798. The third-order valence-corrected chi connectivity index (χ3v) is 3.22. The average molecular weight is 289 g/mol. The fourth-order valence-electron chi connectivity index (χ4n) is 1.34. The van der Waals surface area contributed by atoms with Gasteiger partial charge in [0.1, 0.15) is 0 Å². The van der Waals surface area contributed by atoms with E-state index in [0.717, 1.165) is 4.47 Å². The van der Waals surface area contributed by atoms with E-state index in [1.807, 2.05) is 6.92 Å². The van der Waals surface area contributed by atoms with Crippen molar-refractivity contribution < 1.29 is 5.11 Å². The zero-order chi connectivity index (χ0) is 11.4. The third-order valence-electron chi connectivity index (χ3n) is 2.26. The molecule has 0 amide bonds. The number of halogens is 2. The van der Waals surface area contributed by atoms with Gasteiger partial charge in [-0.15, -0.1) is 0 Å². The highest BCUT2D eigenvalue weighted by atomic mass is 79.9. The Morgan fingerprint density at radius 3 is 2.80 bits per heavy atom. The molecule has 1 N–H and O–H groups in total. The highest BCUT2D eigenvalue weighted by Crippen LogP contribution is 2.31. The van der Waals surface area contributed by atoms with Crippen LogP contribution in [0.5, 0.6) is 0 Å². The van der Waals surface area contributed by atoms with Crippen molar-refractivity contribution in [3.05, 3.63) is 33.3 Å². The van der Waals surface area contributed by atoms with Crippen LogP contribution < -0.4 is 0 Å². The first kappa shape index (κ1) is 12.5. The van der Waals surface area contributed by atoms with Gasteiger partial charge in [0.25, 0.3) is 0 Å².